The summed E-state index contributed by atoms with van der Waals surface area (Å²) in [6.45, 7) is 6.38. The van der Waals surface area contributed by atoms with Gasteiger partial charge in [-0.15, -0.1) is 11.6 Å². The predicted molar refractivity (Wildman–Crippen MR) is 69.0 cm³/mol. The van der Waals surface area contributed by atoms with Gasteiger partial charge in [0.05, 0.1) is 6.61 Å². The van der Waals surface area contributed by atoms with E-state index in [4.69, 9.17) is 16.3 Å². The van der Waals surface area contributed by atoms with Crippen LogP contribution in [0.4, 0.5) is 5.95 Å². The van der Waals surface area contributed by atoms with Crippen LogP contribution in [0.15, 0.2) is 6.07 Å². The van der Waals surface area contributed by atoms with E-state index in [-0.39, 0.29) is 0 Å². The molecule has 2 rings (SSSR count). The van der Waals surface area contributed by atoms with Crippen molar-refractivity contribution >= 4 is 17.5 Å². The van der Waals surface area contributed by atoms with Gasteiger partial charge in [-0.25, -0.2) is 4.98 Å². The average molecular weight is 256 g/mol. The van der Waals surface area contributed by atoms with Gasteiger partial charge in [-0.05, 0) is 26.7 Å². The van der Waals surface area contributed by atoms with Crippen LogP contribution in [-0.4, -0.2) is 35.0 Å². The molecule has 0 N–H and O–H groups in total. The SMILES string of the molecule is CCOc1cc(C)nc(N2CCC(Cl)CC2)n1. The molecule has 1 aliphatic rings. The van der Waals surface area contributed by atoms with Crippen molar-refractivity contribution in [1.82, 2.24) is 9.97 Å². The monoisotopic (exact) mass is 255 g/mol. The summed E-state index contributed by atoms with van der Waals surface area (Å²) in [5.41, 5.74) is 0.937. The molecule has 0 saturated carbocycles. The molecule has 0 radical (unpaired) electrons. The standard InChI is InChI=1S/C12H18ClN3O/c1-3-17-11-8-9(2)14-12(15-11)16-6-4-10(13)5-7-16/h8,10H,3-7H2,1-2H3. The molecule has 0 amide bonds. The van der Waals surface area contributed by atoms with Gasteiger partial charge in [0.15, 0.2) is 0 Å². The lowest BCUT2D eigenvalue weighted by Gasteiger charge is -2.29. The third-order valence-electron chi connectivity index (χ3n) is 2.82. The van der Waals surface area contributed by atoms with Crippen LogP contribution in [0.3, 0.4) is 0 Å². The summed E-state index contributed by atoms with van der Waals surface area (Å²) >= 11 is 6.09. The number of aromatic nitrogens is 2. The van der Waals surface area contributed by atoms with E-state index in [1.54, 1.807) is 0 Å². The van der Waals surface area contributed by atoms with Crippen LogP contribution in [-0.2, 0) is 0 Å². The molecule has 0 aromatic carbocycles. The molecule has 0 bridgehead atoms. The van der Waals surface area contributed by atoms with E-state index in [9.17, 15) is 0 Å². The van der Waals surface area contributed by atoms with E-state index in [1.807, 2.05) is 19.9 Å². The topological polar surface area (TPSA) is 38.2 Å². The first-order chi connectivity index (χ1) is 8.19. The molecule has 2 heterocycles. The number of ether oxygens (including phenoxy) is 1. The van der Waals surface area contributed by atoms with Crippen molar-refractivity contribution in [2.75, 3.05) is 24.6 Å². The molecule has 94 valence electrons. The smallest absolute Gasteiger partial charge is 0.228 e. The lowest BCUT2D eigenvalue weighted by atomic mass is 10.1. The summed E-state index contributed by atoms with van der Waals surface area (Å²) in [7, 11) is 0. The van der Waals surface area contributed by atoms with Crippen molar-refractivity contribution in [3.63, 3.8) is 0 Å². The van der Waals surface area contributed by atoms with Crippen LogP contribution in [0, 0.1) is 6.92 Å². The highest BCUT2D eigenvalue weighted by molar-refractivity contribution is 6.20. The van der Waals surface area contributed by atoms with Crippen molar-refractivity contribution in [3.8, 4) is 5.88 Å². The second kappa shape index (κ2) is 5.54. The Bertz CT molecular complexity index is 378. The van der Waals surface area contributed by atoms with Crippen LogP contribution in [0.1, 0.15) is 25.5 Å². The molecule has 1 aromatic heterocycles. The fourth-order valence-electron chi connectivity index (χ4n) is 1.94. The first-order valence-electron chi connectivity index (χ1n) is 6.06. The Kier molecular flexibility index (Phi) is 4.05. The Hall–Kier alpha value is -1.03. The third kappa shape index (κ3) is 3.22. The van der Waals surface area contributed by atoms with Crippen molar-refractivity contribution in [2.24, 2.45) is 0 Å². The van der Waals surface area contributed by atoms with Gasteiger partial charge in [-0.3, -0.25) is 0 Å². The zero-order valence-corrected chi connectivity index (χ0v) is 11.1. The number of rotatable bonds is 3. The lowest BCUT2D eigenvalue weighted by molar-refractivity contribution is 0.325. The van der Waals surface area contributed by atoms with Gasteiger partial charge in [-0.2, -0.15) is 4.98 Å². The number of aryl methyl sites for hydroxylation is 1. The van der Waals surface area contributed by atoms with E-state index >= 15 is 0 Å². The van der Waals surface area contributed by atoms with Crippen molar-refractivity contribution in [1.29, 1.82) is 0 Å². The number of alkyl halides is 1. The van der Waals surface area contributed by atoms with Crippen LogP contribution >= 0.6 is 11.6 Å². The molecule has 5 heteroatoms. The quantitative estimate of drug-likeness (QED) is 0.778. The van der Waals surface area contributed by atoms with E-state index < -0.39 is 0 Å². The molecule has 4 nitrogen and oxygen atoms in total. The number of halogens is 1. The Morgan fingerprint density at radius 1 is 1.41 bits per heavy atom. The normalized spacial score (nSPS) is 17.2. The van der Waals surface area contributed by atoms with Crippen LogP contribution in [0.5, 0.6) is 5.88 Å². The Morgan fingerprint density at radius 3 is 2.76 bits per heavy atom. The van der Waals surface area contributed by atoms with Gasteiger partial charge in [0.2, 0.25) is 11.8 Å². The second-order valence-electron chi connectivity index (χ2n) is 4.24. The fourth-order valence-corrected chi connectivity index (χ4v) is 2.13. The van der Waals surface area contributed by atoms with Crippen molar-refractivity contribution < 1.29 is 4.74 Å². The second-order valence-corrected chi connectivity index (χ2v) is 4.86. The maximum absolute atomic E-state index is 6.09. The first-order valence-corrected chi connectivity index (χ1v) is 6.50. The summed E-state index contributed by atoms with van der Waals surface area (Å²) in [6.07, 6.45) is 1.98. The van der Waals surface area contributed by atoms with Gasteiger partial charge in [-0.1, -0.05) is 0 Å². The molecule has 0 aliphatic carbocycles. The maximum atomic E-state index is 6.09. The molecule has 0 spiro atoms. The minimum atomic E-state index is 0.294. The number of hydrogen-bond donors (Lipinski definition) is 0. The maximum Gasteiger partial charge on any atom is 0.228 e. The van der Waals surface area contributed by atoms with Gasteiger partial charge >= 0.3 is 0 Å². The average Bonchev–Trinajstić information content (AvgIpc) is 2.29. The number of piperidine rings is 1. The van der Waals surface area contributed by atoms with E-state index in [1.165, 1.54) is 0 Å². The molecule has 1 saturated heterocycles. The summed E-state index contributed by atoms with van der Waals surface area (Å²) < 4.78 is 5.44. The fraction of sp³-hybridized carbons (Fsp3) is 0.667. The zero-order chi connectivity index (χ0) is 12.3. The minimum Gasteiger partial charge on any atom is -0.478 e. The molecular formula is C12H18ClN3O. The molecule has 1 aromatic rings. The lowest BCUT2D eigenvalue weighted by Crippen LogP contribution is -2.35. The Balaban J connectivity index is 2.14. The van der Waals surface area contributed by atoms with Crippen LogP contribution in [0.25, 0.3) is 0 Å². The zero-order valence-electron chi connectivity index (χ0n) is 10.3. The molecule has 0 unspecified atom stereocenters. The van der Waals surface area contributed by atoms with E-state index in [0.717, 1.165) is 37.6 Å². The predicted octanol–water partition coefficient (Wildman–Crippen LogP) is 2.39. The highest BCUT2D eigenvalue weighted by Gasteiger charge is 2.19. The summed E-state index contributed by atoms with van der Waals surface area (Å²) in [6, 6.07) is 1.86. The van der Waals surface area contributed by atoms with Crippen molar-refractivity contribution in [2.45, 2.75) is 32.1 Å². The van der Waals surface area contributed by atoms with Gasteiger partial charge in [0.25, 0.3) is 0 Å². The Morgan fingerprint density at radius 2 is 2.12 bits per heavy atom. The molecule has 1 aliphatic heterocycles. The highest BCUT2D eigenvalue weighted by atomic mass is 35.5. The highest BCUT2D eigenvalue weighted by Crippen LogP contribution is 2.21. The van der Waals surface area contributed by atoms with E-state index in [2.05, 4.69) is 14.9 Å². The van der Waals surface area contributed by atoms with Crippen LogP contribution in [0.2, 0.25) is 0 Å². The summed E-state index contributed by atoms with van der Waals surface area (Å²) in [5, 5.41) is 0.294. The van der Waals surface area contributed by atoms with Crippen LogP contribution < -0.4 is 9.64 Å². The number of nitrogens with zero attached hydrogens (tertiary/aromatic N) is 3. The number of anilines is 1. The van der Waals surface area contributed by atoms with Crippen molar-refractivity contribution in [3.05, 3.63) is 11.8 Å². The summed E-state index contributed by atoms with van der Waals surface area (Å²) in [4.78, 5) is 11.1. The number of hydrogen-bond acceptors (Lipinski definition) is 4. The van der Waals surface area contributed by atoms with Gasteiger partial charge < -0.3 is 9.64 Å². The summed E-state index contributed by atoms with van der Waals surface area (Å²) in [5.74, 6) is 1.42. The van der Waals surface area contributed by atoms with Gasteiger partial charge in [0.1, 0.15) is 0 Å². The van der Waals surface area contributed by atoms with E-state index in [0.29, 0.717) is 17.9 Å². The molecular weight excluding hydrogens is 238 g/mol. The minimum absolute atomic E-state index is 0.294. The molecule has 0 atom stereocenters. The largest absolute Gasteiger partial charge is 0.478 e. The first kappa shape index (κ1) is 12.4. The van der Waals surface area contributed by atoms with Gasteiger partial charge in [0, 0.05) is 30.2 Å². The third-order valence-corrected chi connectivity index (χ3v) is 3.25. The Labute approximate surface area is 107 Å². The molecule has 17 heavy (non-hydrogen) atoms. The molecule has 1 fully saturated rings.